The van der Waals surface area contributed by atoms with E-state index in [4.69, 9.17) is 9.73 Å². The SMILES string of the molecule is COc1cccc(C2CC(C)=Nc3c(ccc4c3C(=O)c3ccccc3C4=O)N2)c1O. The van der Waals surface area contributed by atoms with E-state index in [1.807, 2.05) is 19.1 Å². The van der Waals surface area contributed by atoms with Crippen LogP contribution in [-0.4, -0.2) is 29.5 Å². The summed E-state index contributed by atoms with van der Waals surface area (Å²) in [5, 5.41) is 14.1. The van der Waals surface area contributed by atoms with E-state index < -0.39 is 0 Å². The second-order valence-electron chi connectivity index (χ2n) is 7.73. The average molecular weight is 412 g/mol. The zero-order valence-corrected chi connectivity index (χ0v) is 17.1. The highest BCUT2D eigenvalue weighted by molar-refractivity contribution is 6.30. The fourth-order valence-corrected chi connectivity index (χ4v) is 4.35. The number of methoxy groups -OCH3 is 1. The van der Waals surface area contributed by atoms with Crippen LogP contribution in [0.4, 0.5) is 11.4 Å². The molecule has 0 spiro atoms. The standard InChI is InChI=1S/C25H20N2O4/c1-13-12-19(16-8-5-9-20(31-2)24(16)29)27-18-11-10-17-21(22(18)26-13)25(30)15-7-4-3-6-14(15)23(17)28/h3-11,19,27,29H,12H2,1-2H3. The first-order chi connectivity index (χ1) is 15.0. The molecule has 1 atom stereocenters. The number of ether oxygens (including phenoxy) is 1. The van der Waals surface area contributed by atoms with Crippen LogP contribution in [0.15, 0.2) is 59.6 Å². The summed E-state index contributed by atoms with van der Waals surface area (Å²) >= 11 is 0. The van der Waals surface area contributed by atoms with Gasteiger partial charge in [0, 0.05) is 34.4 Å². The van der Waals surface area contributed by atoms with Crippen LogP contribution >= 0.6 is 0 Å². The molecular formula is C25H20N2O4. The van der Waals surface area contributed by atoms with Crippen LogP contribution in [0.3, 0.4) is 0 Å². The monoisotopic (exact) mass is 412 g/mol. The average Bonchev–Trinajstić information content (AvgIpc) is 2.95. The first kappa shape index (κ1) is 19.1. The highest BCUT2D eigenvalue weighted by Crippen LogP contribution is 2.44. The Labute approximate surface area is 179 Å². The van der Waals surface area contributed by atoms with E-state index in [1.165, 1.54) is 7.11 Å². The number of hydrogen-bond acceptors (Lipinski definition) is 6. The van der Waals surface area contributed by atoms with Crippen LogP contribution < -0.4 is 10.1 Å². The van der Waals surface area contributed by atoms with E-state index in [2.05, 4.69) is 5.32 Å². The number of carbonyl (C=O) groups excluding carboxylic acids is 2. The molecule has 2 aliphatic rings. The summed E-state index contributed by atoms with van der Waals surface area (Å²) < 4.78 is 5.25. The normalized spacial score (nSPS) is 17.0. The Morgan fingerprint density at radius 3 is 2.45 bits per heavy atom. The van der Waals surface area contributed by atoms with E-state index in [1.54, 1.807) is 42.5 Å². The molecule has 0 radical (unpaired) electrons. The molecule has 1 unspecified atom stereocenters. The second-order valence-corrected chi connectivity index (χ2v) is 7.73. The van der Waals surface area contributed by atoms with Gasteiger partial charge in [-0.05, 0) is 25.1 Å². The molecule has 154 valence electrons. The minimum absolute atomic E-state index is 0.0666. The van der Waals surface area contributed by atoms with Gasteiger partial charge in [-0.2, -0.15) is 0 Å². The van der Waals surface area contributed by atoms with E-state index >= 15 is 0 Å². The van der Waals surface area contributed by atoms with E-state index in [9.17, 15) is 14.7 Å². The van der Waals surface area contributed by atoms with E-state index in [0.717, 1.165) is 5.71 Å². The first-order valence-electron chi connectivity index (χ1n) is 10.0. The lowest BCUT2D eigenvalue weighted by Gasteiger charge is -2.23. The Bertz CT molecular complexity index is 1290. The summed E-state index contributed by atoms with van der Waals surface area (Å²) in [4.78, 5) is 31.1. The van der Waals surface area contributed by atoms with Gasteiger partial charge in [0.25, 0.3) is 0 Å². The largest absolute Gasteiger partial charge is 0.504 e. The fraction of sp³-hybridized carbons (Fsp3) is 0.160. The van der Waals surface area contributed by atoms with Gasteiger partial charge in [-0.25, -0.2) is 0 Å². The number of hydrogen-bond donors (Lipinski definition) is 2. The van der Waals surface area contributed by atoms with Gasteiger partial charge in [0.2, 0.25) is 0 Å². The summed E-state index contributed by atoms with van der Waals surface area (Å²) in [6.45, 7) is 1.88. The van der Waals surface area contributed by atoms with Crippen LogP contribution in [0.5, 0.6) is 11.5 Å². The van der Waals surface area contributed by atoms with E-state index in [-0.39, 0.29) is 23.4 Å². The van der Waals surface area contributed by atoms with Crippen molar-refractivity contribution in [3.8, 4) is 11.5 Å². The molecule has 1 aliphatic heterocycles. The van der Waals surface area contributed by atoms with Gasteiger partial charge in [-0.1, -0.05) is 36.4 Å². The minimum Gasteiger partial charge on any atom is -0.504 e. The van der Waals surface area contributed by atoms with Gasteiger partial charge in [-0.15, -0.1) is 0 Å². The zero-order valence-electron chi connectivity index (χ0n) is 17.1. The summed E-state index contributed by atoms with van der Waals surface area (Å²) in [7, 11) is 1.51. The van der Waals surface area contributed by atoms with Crippen molar-refractivity contribution >= 4 is 28.7 Å². The number of phenolic OH excluding ortho intramolecular Hbond substituents is 1. The number of rotatable bonds is 2. The van der Waals surface area contributed by atoms with Crippen molar-refractivity contribution in [2.24, 2.45) is 4.99 Å². The maximum atomic E-state index is 13.3. The molecule has 0 amide bonds. The molecule has 0 saturated heterocycles. The molecule has 6 heteroatoms. The molecule has 5 rings (SSSR count). The van der Waals surface area contributed by atoms with Crippen molar-refractivity contribution in [2.75, 3.05) is 12.4 Å². The van der Waals surface area contributed by atoms with Gasteiger partial charge in [-0.3, -0.25) is 14.6 Å². The minimum atomic E-state index is -0.278. The smallest absolute Gasteiger partial charge is 0.196 e. The molecule has 3 aromatic rings. The molecule has 0 bridgehead atoms. The third-order valence-corrected chi connectivity index (χ3v) is 5.82. The lowest BCUT2D eigenvalue weighted by atomic mass is 9.83. The van der Waals surface area contributed by atoms with Crippen LogP contribution in [0, 0.1) is 0 Å². The summed E-state index contributed by atoms with van der Waals surface area (Å²) in [6.07, 6.45) is 0.517. The fourth-order valence-electron chi connectivity index (χ4n) is 4.35. The zero-order chi connectivity index (χ0) is 21.7. The molecule has 1 heterocycles. The third kappa shape index (κ3) is 2.91. The molecule has 3 aromatic carbocycles. The van der Waals surface area contributed by atoms with Crippen molar-refractivity contribution < 1.29 is 19.4 Å². The Morgan fingerprint density at radius 1 is 0.968 bits per heavy atom. The molecule has 1 aliphatic carbocycles. The predicted molar refractivity (Wildman–Crippen MR) is 118 cm³/mol. The molecule has 0 fully saturated rings. The summed E-state index contributed by atoms with van der Waals surface area (Å²) in [6, 6.07) is 15.4. The highest BCUT2D eigenvalue weighted by atomic mass is 16.5. The van der Waals surface area contributed by atoms with Crippen LogP contribution in [0.25, 0.3) is 0 Å². The van der Waals surface area contributed by atoms with Crippen molar-refractivity contribution in [3.05, 3.63) is 82.4 Å². The quantitative estimate of drug-likeness (QED) is 0.493. The van der Waals surface area contributed by atoms with Crippen molar-refractivity contribution in [1.29, 1.82) is 0 Å². The van der Waals surface area contributed by atoms with Gasteiger partial charge in [0.1, 0.15) is 0 Å². The van der Waals surface area contributed by atoms with Crippen molar-refractivity contribution in [2.45, 2.75) is 19.4 Å². The number of carbonyl (C=O) groups is 2. The van der Waals surface area contributed by atoms with Crippen LogP contribution in [0.1, 0.15) is 56.8 Å². The van der Waals surface area contributed by atoms with Crippen LogP contribution in [0.2, 0.25) is 0 Å². The molecule has 31 heavy (non-hydrogen) atoms. The van der Waals surface area contributed by atoms with Gasteiger partial charge in [0.15, 0.2) is 23.1 Å². The Kier molecular flexibility index (Phi) is 4.36. The maximum Gasteiger partial charge on any atom is 0.196 e. The third-order valence-electron chi connectivity index (χ3n) is 5.82. The molecule has 2 N–H and O–H groups in total. The summed E-state index contributed by atoms with van der Waals surface area (Å²) in [5.41, 5.74) is 4.07. The van der Waals surface area contributed by atoms with Crippen LogP contribution in [-0.2, 0) is 0 Å². The second kappa shape index (κ2) is 7.09. The van der Waals surface area contributed by atoms with E-state index in [0.29, 0.717) is 51.4 Å². The van der Waals surface area contributed by atoms with Gasteiger partial charge >= 0.3 is 0 Å². The lowest BCUT2D eigenvalue weighted by Crippen LogP contribution is -2.21. The number of para-hydroxylation sites is 1. The van der Waals surface area contributed by atoms with Gasteiger partial charge < -0.3 is 15.2 Å². The molecular weight excluding hydrogens is 392 g/mol. The number of anilines is 1. The number of nitrogens with one attached hydrogen (secondary N) is 1. The van der Waals surface area contributed by atoms with Crippen molar-refractivity contribution in [1.82, 2.24) is 0 Å². The maximum absolute atomic E-state index is 13.3. The number of aliphatic imine (C=N–C) groups is 1. The predicted octanol–water partition coefficient (Wildman–Crippen LogP) is 4.83. The molecule has 0 saturated carbocycles. The van der Waals surface area contributed by atoms with Crippen molar-refractivity contribution in [3.63, 3.8) is 0 Å². The summed E-state index contributed by atoms with van der Waals surface area (Å²) in [5.74, 6) is 0.0771. The Hall–Kier alpha value is -3.93. The topological polar surface area (TPSA) is 88.0 Å². The Balaban J connectivity index is 1.65. The van der Waals surface area contributed by atoms with Gasteiger partial charge in [0.05, 0.1) is 30.1 Å². The number of nitrogens with zero attached hydrogens (tertiary/aromatic N) is 1. The number of fused-ring (bicyclic) bond motifs is 4. The highest BCUT2D eigenvalue weighted by Gasteiger charge is 2.34. The Morgan fingerprint density at radius 2 is 1.71 bits per heavy atom. The number of ketones is 2. The number of aromatic hydroxyl groups is 1. The molecule has 0 aromatic heterocycles. The lowest BCUT2D eigenvalue weighted by molar-refractivity contribution is 0.0979. The first-order valence-corrected chi connectivity index (χ1v) is 10.0. The number of benzene rings is 3. The molecule has 6 nitrogen and oxygen atoms in total. The number of phenols is 1.